The number of esters is 1. The first-order valence-corrected chi connectivity index (χ1v) is 6.11. The first-order valence-electron chi connectivity index (χ1n) is 6.11. The van der Waals surface area contributed by atoms with Gasteiger partial charge in [-0.3, -0.25) is 4.79 Å². The summed E-state index contributed by atoms with van der Waals surface area (Å²) in [6.07, 6.45) is 0.141. The van der Waals surface area contributed by atoms with Crippen molar-refractivity contribution in [3.05, 3.63) is 46.1 Å². The van der Waals surface area contributed by atoms with Gasteiger partial charge in [0.2, 0.25) is 0 Å². The smallest absolute Gasteiger partial charge is 0.326 e. The van der Waals surface area contributed by atoms with Crippen molar-refractivity contribution in [1.82, 2.24) is 5.32 Å². The number of benzene rings is 1. The zero-order valence-corrected chi connectivity index (χ0v) is 11.5. The van der Waals surface area contributed by atoms with Crippen molar-refractivity contribution in [2.45, 2.75) is 18.9 Å². The molecule has 0 amide bonds. The first kappa shape index (κ1) is 15.9. The zero-order chi connectivity index (χ0) is 15.0. The predicted octanol–water partition coefficient (Wildman–Crippen LogP) is 2.20. The molecule has 20 heavy (non-hydrogen) atoms. The molecule has 1 unspecified atom stereocenters. The average Bonchev–Trinajstić information content (AvgIpc) is 2.45. The SMILES string of the molecule is COC(=O)C(C)(Cc1ccccc1F)NCCN=[N+]=[N-]. The Kier molecular flexibility index (Phi) is 5.96. The van der Waals surface area contributed by atoms with Gasteiger partial charge in [-0.15, -0.1) is 0 Å². The number of methoxy groups -OCH3 is 1. The van der Waals surface area contributed by atoms with Crippen molar-refractivity contribution in [3.8, 4) is 0 Å². The number of carbonyl (C=O) groups is 1. The van der Waals surface area contributed by atoms with Crippen LogP contribution in [0.4, 0.5) is 4.39 Å². The third kappa shape index (κ3) is 4.22. The fourth-order valence-corrected chi connectivity index (χ4v) is 1.88. The molecule has 0 radical (unpaired) electrons. The Bertz CT molecular complexity index is 517. The monoisotopic (exact) mass is 280 g/mol. The summed E-state index contributed by atoms with van der Waals surface area (Å²) in [5.74, 6) is -0.874. The largest absolute Gasteiger partial charge is 0.468 e. The molecule has 0 aliphatic rings. The van der Waals surface area contributed by atoms with E-state index in [0.29, 0.717) is 12.1 Å². The van der Waals surface area contributed by atoms with Gasteiger partial charge in [-0.25, -0.2) is 4.39 Å². The summed E-state index contributed by atoms with van der Waals surface area (Å²) in [4.78, 5) is 14.5. The van der Waals surface area contributed by atoms with Crippen LogP contribution in [0.5, 0.6) is 0 Å². The maximum atomic E-state index is 13.7. The minimum absolute atomic E-state index is 0.141. The van der Waals surface area contributed by atoms with Gasteiger partial charge in [0.15, 0.2) is 0 Å². The van der Waals surface area contributed by atoms with Crippen molar-refractivity contribution in [3.63, 3.8) is 0 Å². The first-order chi connectivity index (χ1) is 9.53. The van der Waals surface area contributed by atoms with Gasteiger partial charge < -0.3 is 10.1 Å². The Hall–Kier alpha value is -2.11. The van der Waals surface area contributed by atoms with Gasteiger partial charge in [0.1, 0.15) is 11.4 Å². The second-order valence-corrected chi connectivity index (χ2v) is 4.47. The van der Waals surface area contributed by atoms with Crippen LogP contribution in [0.25, 0.3) is 10.4 Å². The number of carbonyl (C=O) groups excluding carboxylic acids is 1. The van der Waals surface area contributed by atoms with Crippen molar-refractivity contribution < 1.29 is 13.9 Å². The van der Waals surface area contributed by atoms with E-state index < -0.39 is 11.5 Å². The lowest BCUT2D eigenvalue weighted by Gasteiger charge is -2.28. The Balaban J connectivity index is 2.85. The fraction of sp³-hybridized carbons (Fsp3) is 0.462. The maximum absolute atomic E-state index is 13.7. The number of hydrogen-bond acceptors (Lipinski definition) is 4. The molecular formula is C13H17FN4O2. The molecule has 1 rings (SSSR count). The van der Waals surface area contributed by atoms with E-state index in [0.717, 1.165) is 0 Å². The molecule has 0 aliphatic heterocycles. The van der Waals surface area contributed by atoms with E-state index in [1.54, 1.807) is 25.1 Å². The average molecular weight is 280 g/mol. The summed E-state index contributed by atoms with van der Waals surface area (Å²) in [5, 5.41) is 6.33. The van der Waals surface area contributed by atoms with Crippen molar-refractivity contribution in [1.29, 1.82) is 0 Å². The molecule has 0 bridgehead atoms. The fourth-order valence-electron chi connectivity index (χ4n) is 1.88. The molecule has 1 atom stereocenters. The number of hydrogen-bond donors (Lipinski definition) is 1. The summed E-state index contributed by atoms with van der Waals surface area (Å²) >= 11 is 0. The minimum Gasteiger partial charge on any atom is -0.468 e. The van der Waals surface area contributed by atoms with E-state index in [1.165, 1.54) is 13.2 Å². The summed E-state index contributed by atoms with van der Waals surface area (Å²) in [6, 6.07) is 6.25. The van der Waals surface area contributed by atoms with Crippen LogP contribution in [0.1, 0.15) is 12.5 Å². The van der Waals surface area contributed by atoms with Gasteiger partial charge in [-0.2, -0.15) is 0 Å². The number of halogens is 1. The zero-order valence-electron chi connectivity index (χ0n) is 11.5. The molecule has 0 saturated heterocycles. The highest BCUT2D eigenvalue weighted by molar-refractivity contribution is 5.80. The third-order valence-electron chi connectivity index (χ3n) is 2.93. The highest BCUT2D eigenvalue weighted by Crippen LogP contribution is 2.17. The van der Waals surface area contributed by atoms with Crippen LogP contribution in [-0.2, 0) is 16.0 Å². The topological polar surface area (TPSA) is 87.1 Å². The van der Waals surface area contributed by atoms with Gasteiger partial charge in [0, 0.05) is 24.4 Å². The summed E-state index contributed by atoms with van der Waals surface area (Å²) in [5.41, 5.74) is 7.54. The summed E-state index contributed by atoms with van der Waals surface area (Å²) < 4.78 is 18.4. The maximum Gasteiger partial charge on any atom is 0.326 e. The van der Waals surface area contributed by atoms with E-state index in [9.17, 15) is 9.18 Å². The Morgan fingerprint density at radius 1 is 1.55 bits per heavy atom. The number of ether oxygens (including phenoxy) is 1. The minimum atomic E-state index is -1.08. The Morgan fingerprint density at radius 3 is 2.85 bits per heavy atom. The number of azide groups is 1. The van der Waals surface area contributed by atoms with Gasteiger partial charge in [0.05, 0.1) is 7.11 Å². The molecule has 6 nitrogen and oxygen atoms in total. The molecule has 0 heterocycles. The lowest BCUT2D eigenvalue weighted by Crippen LogP contribution is -2.52. The van der Waals surface area contributed by atoms with Gasteiger partial charge in [0.25, 0.3) is 0 Å². The quantitative estimate of drug-likeness (QED) is 0.273. The standard InChI is InChI=1S/C13H17FN4O2/c1-13(12(19)20-2,16-7-8-17-18-15)9-10-5-3-4-6-11(10)14/h3-6,16H,7-9H2,1-2H3. The number of nitrogens with zero attached hydrogens (tertiary/aromatic N) is 3. The molecule has 0 aliphatic carbocycles. The second-order valence-electron chi connectivity index (χ2n) is 4.47. The van der Waals surface area contributed by atoms with Gasteiger partial charge in [-0.05, 0) is 24.1 Å². The van der Waals surface area contributed by atoms with E-state index in [2.05, 4.69) is 15.3 Å². The summed E-state index contributed by atoms with van der Waals surface area (Å²) in [7, 11) is 1.27. The normalized spacial score (nSPS) is 13.2. The van der Waals surface area contributed by atoms with E-state index in [4.69, 9.17) is 10.3 Å². The van der Waals surface area contributed by atoms with Crippen LogP contribution >= 0.6 is 0 Å². The van der Waals surface area contributed by atoms with Gasteiger partial charge in [-0.1, -0.05) is 23.3 Å². The second kappa shape index (κ2) is 7.47. The lowest BCUT2D eigenvalue weighted by molar-refractivity contribution is -0.147. The van der Waals surface area contributed by atoms with Crippen molar-refractivity contribution in [2.24, 2.45) is 5.11 Å². The van der Waals surface area contributed by atoms with Crippen LogP contribution in [0.2, 0.25) is 0 Å². The molecule has 7 heteroatoms. The van der Waals surface area contributed by atoms with E-state index >= 15 is 0 Å². The molecule has 0 aromatic heterocycles. The lowest BCUT2D eigenvalue weighted by atomic mass is 9.92. The molecule has 1 aromatic rings. The molecular weight excluding hydrogens is 263 g/mol. The Labute approximate surface area is 116 Å². The highest BCUT2D eigenvalue weighted by Gasteiger charge is 2.34. The summed E-state index contributed by atoms with van der Waals surface area (Å²) in [6.45, 7) is 2.12. The molecule has 0 saturated carbocycles. The molecule has 0 spiro atoms. The van der Waals surface area contributed by atoms with E-state index in [-0.39, 0.29) is 18.8 Å². The highest BCUT2D eigenvalue weighted by atomic mass is 19.1. The van der Waals surface area contributed by atoms with Crippen LogP contribution in [-0.4, -0.2) is 31.7 Å². The number of rotatable bonds is 7. The van der Waals surface area contributed by atoms with Crippen molar-refractivity contribution >= 4 is 5.97 Å². The van der Waals surface area contributed by atoms with Crippen LogP contribution < -0.4 is 5.32 Å². The molecule has 1 N–H and O–H groups in total. The predicted molar refractivity (Wildman–Crippen MR) is 72.5 cm³/mol. The van der Waals surface area contributed by atoms with Crippen LogP contribution in [0.3, 0.4) is 0 Å². The van der Waals surface area contributed by atoms with Gasteiger partial charge >= 0.3 is 5.97 Å². The van der Waals surface area contributed by atoms with Crippen molar-refractivity contribution in [2.75, 3.05) is 20.2 Å². The third-order valence-corrected chi connectivity index (χ3v) is 2.93. The van der Waals surface area contributed by atoms with Crippen LogP contribution in [0, 0.1) is 5.82 Å². The Morgan fingerprint density at radius 2 is 2.25 bits per heavy atom. The molecule has 1 aromatic carbocycles. The number of nitrogens with one attached hydrogen (secondary N) is 1. The van der Waals surface area contributed by atoms with Crippen LogP contribution in [0.15, 0.2) is 29.4 Å². The molecule has 0 fully saturated rings. The molecule has 108 valence electrons. The van der Waals surface area contributed by atoms with E-state index in [1.807, 2.05) is 0 Å².